The highest BCUT2D eigenvalue weighted by Gasteiger charge is 2.65. The molecule has 1 aliphatic rings. The number of halogens is 5. The van der Waals surface area contributed by atoms with Crippen molar-refractivity contribution in [1.29, 1.82) is 0 Å². The van der Waals surface area contributed by atoms with Crippen molar-refractivity contribution in [3.05, 3.63) is 65.2 Å². The van der Waals surface area contributed by atoms with Gasteiger partial charge in [0.15, 0.2) is 0 Å². The lowest BCUT2D eigenvalue weighted by molar-refractivity contribution is 0.363. The molecular weight excluding hydrogens is 367 g/mol. The molecular formula is C20H23F5S. The van der Waals surface area contributed by atoms with Crippen molar-refractivity contribution in [1.82, 2.24) is 0 Å². The quantitative estimate of drug-likeness (QED) is 0.460. The van der Waals surface area contributed by atoms with Crippen molar-refractivity contribution in [3.8, 4) is 0 Å². The molecule has 0 amide bonds. The first-order valence-electron chi connectivity index (χ1n) is 8.89. The van der Waals surface area contributed by atoms with Gasteiger partial charge in [-0.15, -0.1) is 0 Å². The van der Waals surface area contributed by atoms with E-state index in [1.54, 1.807) is 0 Å². The minimum Gasteiger partial charge on any atom is -0.0936 e. The molecule has 0 saturated heterocycles. The molecule has 2 aromatic carbocycles. The Morgan fingerprint density at radius 3 is 1.42 bits per heavy atom. The molecule has 26 heavy (non-hydrogen) atoms. The zero-order chi connectivity index (χ0) is 19.1. The molecule has 0 unspecified atom stereocenters. The molecule has 144 valence electrons. The minimum absolute atomic E-state index is 0.133. The summed E-state index contributed by atoms with van der Waals surface area (Å²) in [5, 5.41) is 0. The predicted octanol–water partition coefficient (Wildman–Crippen LogP) is 8.35. The molecule has 0 spiro atoms. The van der Waals surface area contributed by atoms with Crippen LogP contribution in [0.3, 0.4) is 0 Å². The first kappa shape index (κ1) is 19.2. The second kappa shape index (κ2) is 5.98. The summed E-state index contributed by atoms with van der Waals surface area (Å²) in [6, 6.07) is 12.1. The lowest BCUT2D eigenvalue weighted by atomic mass is 9.76. The lowest BCUT2D eigenvalue weighted by Gasteiger charge is -2.40. The summed E-state index contributed by atoms with van der Waals surface area (Å²) in [5.41, 5.74) is 3.32. The van der Waals surface area contributed by atoms with Gasteiger partial charge < -0.3 is 0 Å². The van der Waals surface area contributed by atoms with Gasteiger partial charge in [-0.05, 0) is 72.8 Å². The van der Waals surface area contributed by atoms with E-state index in [9.17, 15) is 19.4 Å². The molecule has 1 fully saturated rings. The molecule has 0 radical (unpaired) electrons. The summed E-state index contributed by atoms with van der Waals surface area (Å²) in [4.78, 5) is -1.81. The van der Waals surface area contributed by atoms with Gasteiger partial charge >= 0.3 is 10.2 Å². The van der Waals surface area contributed by atoms with Crippen LogP contribution in [-0.4, -0.2) is 0 Å². The van der Waals surface area contributed by atoms with E-state index in [1.165, 1.54) is 23.3 Å². The molecule has 0 aliphatic heterocycles. The van der Waals surface area contributed by atoms with Crippen LogP contribution in [-0.2, 0) is 6.42 Å². The van der Waals surface area contributed by atoms with E-state index >= 15 is 0 Å². The Bertz CT molecular complexity index is 755. The van der Waals surface area contributed by atoms with Crippen LogP contribution in [0.15, 0.2) is 53.4 Å². The molecule has 0 aromatic heterocycles. The summed E-state index contributed by atoms with van der Waals surface area (Å²) in [7, 11) is -9.58. The monoisotopic (exact) mass is 390 g/mol. The second-order valence-electron chi connectivity index (χ2n) is 7.18. The Morgan fingerprint density at radius 1 is 0.692 bits per heavy atom. The second-order valence-corrected chi connectivity index (χ2v) is 9.59. The third-order valence-electron chi connectivity index (χ3n) is 5.38. The summed E-state index contributed by atoms with van der Waals surface area (Å²) < 4.78 is 64.1. The highest BCUT2D eigenvalue weighted by molar-refractivity contribution is 8.45. The molecule has 0 heterocycles. The number of rotatable bonds is 4. The van der Waals surface area contributed by atoms with Crippen LogP contribution in [0.1, 0.15) is 61.1 Å². The van der Waals surface area contributed by atoms with Gasteiger partial charge in [0.25, 0.3) is 0 Å². The topological polar surface area (TPSA) is 0 Å². The van der Waals surface area contributed by atoms with Crippen molar-refractivity contribution < 1.29 is 19.4 Å². The number of aryl methyl sites for hydroxylation is 1. The molecule has 0 nitrogen and oxygen atoms in total. The lowest BCUT2D eigenvalue weighted by Crippen LogP contribution is -2.12. The molecule has 1 saturated carbocycles. The number of benzene rings is 2. The van der Waals surface area contributed by atoms with Gasteiger partial charge in [0.1, 0.15) is 4.90 Å². The molecule has 6 heteroatoms. The van der Waals surface area contributed by atoms with Crippen molar-refractivity contribution in [3.63, 3.8) is 0 Å². The fourth-order valence-corrected chi connectivity index (χ4v) is 4.43. The Labute approximate surface area is 151 Å². The molecule has 1 aliphatic carbocycles. The summed E-state index contributed by atoms with van der Waals surface area (Å²) >= 11 is 0. The maximum absolute atomic E-state index is 12.8. The van der Waals surface area contributed by atoms with Gasteiger partial charge in [0.05, 0.1) is 0 Å². The average molecular weight is 390 g/mol. The third-order valence-corrected chi connectivity index (χ3v) is 6.55. The van der Waals surface area contributed by atoms with Gasteiger partial charge in [0, 0.05) is 0 Å². The summed E-state index contributed by atoms with van der Waals surface area (Å²) in [6.07, 6.45) is 4.63. The Kier molecular flexibility index (Phi) is 4.42. The maximum Gasteiger partial charge on any atom is 0.310 e. The summed E-state index contributed by atoms with van der Waals surface area (Å²) in [5.74, 6) is 0.592. The summed E-state index contributed by atoms with van der Waals surface area (Å²) in [6.45, 7) is 2.11. The molecule has 0 N–H and O–H groups in total. The average Bonchev–Trinajstić information content (AvgIpc) is 2.60. The van der Waals surface area contributed by atoms with E-state index in [0.29, 0.717) is 18.1 Å². The van der Waals surface area contributed by atoms with E-state index in [4.69, 9.17) is 0 Å². The van der Waals surface area contributed by atoms with Crippen LogP contribution in [0.5, 0.6) is 0 Å². The minimum atomic E-state index is -9.58. The van der Waals surface area contributed by atoms with E-state index in [0.717, 1.165) is 37.7 Å². The Morgan fingerprint density at radius 2 is 1.08 bits per heavy atom. The van der Waals surface area contributed by atoms with Gasteiger partial charge in [-0.25, -0.2) is 0 Å². The van der Waals surface area contributed by atoms with Crippen LogP contribution >= 0.6 is 10.2 Å². The van der Waals surface area contributed by atoms with Gasteiger partial charge in [0.2, 0.25) is 0 Å². The van der Waals surface area contributed by atoms with Gasteiger partial charge in [-0.3, -0.25) is 0 Å². The van der Waals surface area contributed by atoms with Crippen LogP contribution in [0.25, 0.3) is 0 Å². The molecule has 2 aromatic rings. The van der Waals surface area contributed by atoms with Crippen LogP contribution in [0.2, 0.25) is 0 Å². The zero-order valence-corrected chi connectivity index (χ0v) is 15.4. The predicted molar refractivity (Wildman–Crippen MR) is 97.6 cm³/mol. The van der Waals surface area contributed by atoms with Crippen LogP contribution in [0.4, 0.5) is 19.4 Å². The molecule has 0 bridgehead atoms. The van der Waals surface area contributed by atoms with Gasteiger partial charge in [-0.2, -0.15) is 0 Å². The smallest absolute Gasteiger partial charge is 0.0936 e. The largest absolute Gasteiger partial charge is 0.310 e. The zero-order valence-electron chi connectivity index (χ0n) is 14.6. The van der Waals surface area contributed by atoms with E-state index in [1.807, 2.05) is 0 Å². The van der Waals surface area contributed by atoms with Gasteiger partial charge in [-0.1, -0.05) is 62.8 Å². The highest BCUT2D eigenvalue weighted by atomic mass is 32.5. The Hall–Kier alpha value is -1.56. The van der Waals surface area contributed by atoms with Crippen molar-refractivity contribution in [2.24, 2.45) is 0 Å². The first-order valence-corrected chi connectivity index (χ1v) is 10.8. The highest BCUT2D eigenvalue weighted by Crippen LogP contribution is 3.02. The van der Waals surface area contributed by atoms with Crippen LogP contribution < -0.4 is 0 Å². The maximum atomic E-state index is 12.8. The van der Waals surface area contributed by atoms with E-state index in [2.05, 4.69) is 31.2 Å². The SMILES string of the molecule is CCc1ccc(C2CCC(c3ccc(S(F)(F)(F)(F)F)cc3)CC2)cc1. The fraction of sp³-hybridized carbons (Fsp3) is 0.400. The number of hydrogen-bond acceptors (Lipinski definition) is 0. The molecule has 3 rings (SSSR count). The Balaban J connectivity index is 1.66. The standard InChI is InChI=1S/C20H23F5S/c1-2-15-3-5-16(6-4-15)17-7-9-18(10-8-17)19-11-13-20(14-12-19)26(21,22,23,24)25/h3-6,11-14,17-18H,2,7-10H2,1H3. The third kappa shape index (κ3) is 4.40. The van der Waals surface area contributed by atoms with Crippen molar-refractivity contribution in [2.45, 2.75) is 55.8 Å². The first-order chi connectivity index (χ1) is 12.0. The van der Waals surface area contributed by atoms with Crippen LogP contribution in [0, 0.1) is 0 Å². The van der Waals surface area contributed by atoms with E-state index in [-0.39, 0.29) is 5.92 Å². The fourth-order valence-electron chi connectivity index (χ4n) is 3.78. The van der Waals surface area contributed by atoms with Crippen molar-refractivity contribution >= 4 is 10.2 Å². The van der Waals surface area contributed by atoms with E-state index < -0.39 is 15.1 Å². The van der Waals surface area contributed by atoms with Crippen molar-refractivity contribution in [2.75, 3.05) is 0 Å². The normalized spacial score (nSPS) is 23.9. The number of hydrogen-bond donors (Lipinski definition) is 0. The molecule has 0 atom stereocenters.